The maximum atomic E-state index is 12.4. The number of fused-ring (bicyclic) bond motifs is 1. The van der Waals surface area contributed by atoms with Gasteiger partial charge in [-0.15, -0.1) is 0 Å². The van der Waals surface area contributed by atoms with Crippen LogP contribution in [0, 0.1) is 0 Å². The van der Waals surface area contributed by atoms with Crippen LogP contribution in [0.15, 0.2) is 42.5 Å². The molecule has 0 atom stereocenters. The van der Waals surface area contributed by atoms with Gasteiger partial charge in [-0.3, -0.25) is 14.9 Å². The van der Waals surface area contributed by atoms with Gasteiger partial charge in [0.2, 0.25) is 0 Å². The standard InChI is InChI=1S/C26H33NO2/c1-2-3-4-5-6-7-8-9-10-12-17-21-18-19-22-24(26(29)27-25(22)28)23(21)20-15-13-11-14-16-20/h11,13-16,18-19H,2-10,12,17H2,1H3,(H,27,28,29). The molecule has 2 aromatic carbocycles. The summed E-state index contributed by atoms with van der Waals surface area (Å²) in [4.78, 5) is 24.5. The highest BCUT2D eigenvalue weighted by Gasteiger charge is 2.31. The molecule has 3 rings (SSSR count). The fraction of sp³-hybridized carbons (Fsp3) is 0.462. The van der Waals surface area contributed by atoms with E-state index in [4.69, 9.17) is 0 Å². The number of rotatable bonds is 12. The number of hydrogen-bond acceptors (Lipinski definition) is 2. The topological polar surface area (TPSA) is 46.2 Å². The minimum atomic E-state index is -0.285. The molecule has 0 saturated heterocycles. The van der Waals surface area contributed by atoms with E-state index in [1.54, 1.807) is 0 Å². The van der Waals surface area contributed by atoms with Crippen molar-refractivity contribution in [3.05, 3.63) is 59.2 Å². The Kier molecular flexibility index (Phi) is 8.03. The van der Waals surface area contributed by atoms with Crippen LogP contribution in [0.4, 0.5) is 0 Å². The van der Waals surface area contributed by atoms with E-state index in [1.165, 1.54) is 63.4 Å². The molecular formula is C26H33NO2. The molecule has 0 saturated carbocycles. The molecule has 2 amide bonds. The summed E-state index contributed by atoms with van der Waals surface area (Å²) >= 11 is 0. The number of benzene rings is 2. The zero-order valence-corrected chi connectivity index (χ0v) is 17.6. The van der Waals surface area contributed by atoms with E-state index in [-0.39, 0.29) is 11.8 Å². The van der Waals surface area contributed by atoms with Crippen molar-refractivity contribution in [1.29, 1.82) is 0 Å². The summed E-state index contributed by atoms with van der Waals surface area (Å²) in [5.74, 6) is -0.554. The lowest BCUT2D eigenvalue weighted by atomic mass is 9.89. The third-order valence-electron chi connectivity index (χ3n) is 5.85. The van der Waals surface area contributed by atoms with Crippen molar-refractivity contribution in [3.63, 3.8) is 0 Å². The lowest BCUT2D eigenvalue weighted by Crippen LogP contribution is -2.20. The van der Waals surface area contributed by atoms with Crippen LogP contribution in [0.1, 0.15) is 97.4 Å². The fourth-order valence-corrected chi connectivity index (χ4v) is 4.25. The maximum absolute atomic E-state index is 12.4. The molecule has 1 aliphatic heterocycles. The van der Waals surface area contributed by atoms with Crippen molar-refractivity contribution in [3.8, 4) is 11.1 Å². The molecule has 0 unspecified atom stereocenters. The molecule has 3 nitrogen and oxygen atoms in total. The smallest absolute Gasteiger partial charge is 0.259 e. The monoisotopic (exact) mass is 391 g/mol. The molecule has 0 spiro atoms. The molecule has 2 aromatic rings. The van der Waals surface area contributed by atoms with Crippen molar-refractivity contribution in [2.45, 2.75) is 77.6 Å². The highest BCUT2D eigenvalue weighted by atomic mass is 16.2. The summed E-state index contributed by atoms with van der Waals surface area (Å²) in [6.07, 6.45) is 14.0. The van der Waals surface area contributed by atoms with Crippen molar-refractivity contribution in [1.82, 2.24) is 5.32 Å². The molecule has 0 aliphatic carbocycles. The molecule has 154 valence electrons. The Hall–Kier alpha value is -2.42. The van der Waals surface area contributed by atoms with Crippen LogP contribution in [-0.2, 0) is 6.42 Å². The fourth-order valence-electron chi connectivity index (χ4n) is 4.25. The average molecular weight is 392 g/mol. The minimum absolute atomic E-state index is 0.270. The second kappa shape index (κ2) is 10.9. The van der Waals surface area contributed by atoms with E-state index >= 15 is 0 Å². The lowest BCUT2D eigenvalue weighted by molar-refractivity contribution is 0.0880. The largest absolute Gasteiger partial charge is 0.288 e. The number of aryl methyl sites for hydroxylation is 1. The number of carbonyl (C=O) groups is 2. The summed E-state index contributed by atoms with van der Waals surface area (Å²) in [5, 5.41) is 2.45. The summed E-state index contributed by atoms with van der Waals surface area (Å²) < 4.78 is 0. The molecule has 0 bridgehead atoms. The quantitative estimate of drug-likeness (QED) is 0.323. The summed E-state index contributed by atoms with van der Waals surface area (Å²) in [6.45, 7) is 2.26. The van der Waals surface area contributed by atoms with Crippen LogP contribution in [0.25, 0.3) is 11.1 Å². The van der Waals surface area contributed by atoms with E-state index in [2.05, 4.69) is 12.2 Å². The highest BCUT2D eigenvalue weighted by molar-refractivity contribution is 6.24. The SMILES string of the molecule is CCCCCCCCCCCCc1ccc2c(c1-c1ccccc1)C(=O)NC2=O. The Morgan fingerprint density at radius 2 is 1.28 bits per heavy atom. The number of carbonyl (C=O) groups excluding carboxylic acids is 2. The number of nitrogens with one attached hydrogen (secondary N) is 1. The van der Waals surface area contributed by atoms with Crippen LogP contribution in [0.3, 0.4) is 0 Å². The first-order valence-electron chi connectivity index (χ1n) is 11.3. The van der Waals surface area contributed by atoms with Gasteiger partial charge in [-0.25, -0.2) is 0 Å². The average Bonchev–Trinajstić information content (AvgIpc) is 3.03. The van der Waals surface area contributed by atoms with E-state index in [0.29, 0.717) is 11.1 Å². The Bertz CT molecular complexity index is 826. The summed E-state index contributed by atoms with van der Waals surface area (Å²) in [5.41, 5.74) is 4.16. The van der Waals surface area contributed by atoms with E-state index in [9.17, 15) is 9.59 Å². The van der Waals surface area contributed by atoms with Crippen molar-refractivity contribution in [2.75, 3.05) is 0 Å². The zero-order chi connectivity index (χ0) is 20.5. The predicted molar refractivity (Wildman–Crippen MR) is 119 cm³/mol. The highest BCUT2D eigenvalue weighted by Crippen LogP contribution is 2.33. The molecule has 1 heterocycles. The number of unbranched alkanes of at least 4 members (excludes halogenated alkanes) is 9. The minimum Gasteiger partial charge on any atom is -0.288 e. The van der Waals surface area contributed by atoms with Crippen molar-refractivity contribution in [2.24, 2.45) is 0 Å². The Balaban J connectivity index is 1.58. The molecule has 3 heteroatoms. The van der Waals surface area contributed by atoms with Crippen LogP contribution in [0.2, 0.25) is 0 Å². The second-order valence-corrected chi connectivity index (χ2v) is 8.10. The molecule has 0 fully saturated rings. The number of hydrogen-bond donors (Lipinski definition) is 1. The molecular weight excluding hydrogens is 358 g/mol. The third-order valence-corrected chi connectivity index (χ3v) is 5.85. The molecule has 1 N–H and O–H groups in total. The first-order valence-corrected chi connectivity index (χ1v) is 11.3. The predicted octanol–water partition coefficient (Wildman–Crippen LogP) is 6.70. The normalized spacial score (nSPS) is 12.9. The lowest BCUT2D eigenvalue weighted by Gasteiger charge is -2.13. The van der Waals surface area contributed by atoms with Crippen molar-refractivity contribution < 1.29 is 9.59 Å². The third kappa shape index (κ3) is 5.56. The van der Waals surface area contributed by atoms with Gasteiger partial charge in [0.1, 0.15) is 0 Å². The Morgan fingerprint density at radius 3 is 1.93 bits per heavy atom. The van der Waals surface area contributed by atoms with Crippen molar-refractivity contribution >= 4 is 11.8 Å². The van der Waals surface area contributed by atoms with E-state index in [1.807, 2.05) is 42.5 Å². The molecule has 0 radical (unpaired) electrons. The van der Waals surface area contributed by atoms with Crippen LogP contribution < -0.4 is 5.32 Å². The van der Waals surface area contributed by atoms with Gasteiger partial charge in [-0.05, 0) is 35.6 Å². The van der Waals surface area contributed by atoms with Gasteiger partial charge in [0.15, 0.2) is 0 Å². The van der Waals surface area contributed by atoms with Crippen LogP contribution in [-0.4, -0.2) is 11.8 Å². The van der Waals surface area contributed by atoms with Gasteiger partial charge in [0, 0.05) is 0 Å². The van der Waals surface area contributed by atoms with Gasteiger partial charge in [-0.1, -0.05) is 101 Å². The number of imide groups is 1. The van der Waals surface area contributed by atoms with Crippen LogP contribution in [0.5, 0.6) is 0 Å². The molecule has 29 heavy (non-hydrogen) atoms. The van der Waals surface area contributed by atoms with Gasteiger partial charge < -0.3 is 0 Å². The summed E-state index contributed by atoms with van der Waals surface area (Å²) in [7, 11) is 0. The second-order valence-electron chi connectivity index (χ2n) is 8.10. The van der Waals surface area contributed by atoms with Gasteiger partial charge in [0.05, 0.1) is 11.1 Å². The summed E-state index contributed by atoms with van der Waals surface area (Å²) in [6, 6.07) is 13.8. The van der Waals surface area contributed by atoms with Gasteiger partial charge in [-0.2, -0.15) is 0 Å². The molecule has 1 aliphatic rings. The van der Waals surface area contributed by atoms with Gasteiger partial charge >= 0.3 is 0 Å². The van der Waals surface area contributed by atoms with E-state index in [0.717, 1.165) is 24.0 Å². The van der Waals surface area contributed by atoms with Gasteiger partial charge in [0.25, 0.3) is 11.8 Å². The zero-order valence-electron chi connectivity index (χ0n) is 17.6. The number of amides is 2. The molecule has 0 aromatic heterocycles. The van der Waals surface area contributed by atoms with E-state index < -0.39 is 0 Å². The Labute approximate surface area is 174 Å². The van der Waals surface area contributed by atoms with Crippen LogP contribution >= 0.6 is 0 Å². The first-order chi connectivity index (χ1) is 14.2. The first kappa shape index (κ1) is 21.3. The maximum Gasteiger partial charge on any atom is 0.259 e. The Morgan fingerprint density at radius 1 is 0.655 bits per heavy atom.